The number of hydrogen-bond donors (Lipinski definition) is 2. The van der Waals surface area contributed by atoms with Gasteiger partial charge in [0.1, 0.15) is 0 Å². The first kappa shape index (κ1) is 16.0. The van der Waals surface area contributed by atoms with Crippen LogP contribution in [0.15, 0.2) is 36.5 Å². The lowest BCUT2D eigenvalue weighted by molar-refractivity contribution is -0.143. The SMILES string of the molecule is Cc1c(NC(=O)N2CCC(C(=O)O)CC2)cnn1-c1ccccc1. The maximum atomic E-state index is 12.4. The van der Waals surface area contributed by atoms with E-state index in [0.29, 0.717) is 31.6 Å². The number of anilines is 1. The van der Waals surface area contributed by atoms with E-state index in [1.165, 1.54) is 0 Å². The summed E-state index contributed by atoms with van der Waals surface area (Å²) in [6.45, 7) is 2.80. The van der Waals surface area contributed by atoms with E-state index in [4.69, 9.17) is 5.11 Å². The van der Waals surface area contributed by atoms with Gasteiger partial charge in [0.15, 0.2) is 0 Å². The van der Waals surface area contributed by atoms with Crippen LogP contribution in [-0.2, 0) is 4.79 Å². The molecular formula is C17H20N4O3. The number of piperidine rings is 1. The minimum Gasteiger partial charge on any atom is -0.481 e. The van der Waals surface area contributed by atoms with Crippen LogP contribution in [0.1, 0.15) is 18.5 Å². The predicted molar refractivity (Wildman–Crippen MR) is 89.3 cm³/mol. The van der Waals surface area contributed by atoms with Gasteiger partial charge in [-0.1, -0.05) is 18.2 Å². The molecule has 1 aromatic carbocycles. The summed E-state index contributed by atoms with van der Waals surface area (Å²) in [4.78, 5) is 25.0. The number of rotatable bonds is 3. The summed E-state index contributed by atoms with van der Waals surface area (Å²) in [5.74, 6) is -1.13. The Kier molecular flexibility index (Phi) is 4.50. The minimum absolute atomic E-state index is 0.213. The molecule has 24 heavy (non-hydrogen) atoms. The number of carbonyl (C=O) groups excluding carboxylic acids is 1. The number of hydrogen-bond acceptors (Lipinski definition) is 3. The number of carboxylic acids is 1. The van der Waals surface area contributed by atoms with Crippen molar-refractivity contribution in [2.24, 2.45) is 5.92 Å². The van der Waals surface area contributed by atoms with Crippen molar-refractivity contribution in [1.82, 2.24) is 14.7 Å². The number of para-hydroxylation sites is 1. The van der Waals surface area contributed by atoms with Crippen molar-refractivity contribution < 1.29 is 14.7 Å². The third-order valence-electron chi connectivity index (χ3n) is 4.38. The topological polar surface area (TPSA) is 87.5 Å². The molecule has 3 rings (SSSR count). The smallest absolute Gasteiger partial charge is 0.321 e. The Morgan fingerprint density at radius 1 is 1.21 bits per heavy atom. The van der Waals surface area contributed by atoms with Crippen LogP contribution >= 0.6 is 0 Å². The van der Waals surface area contributed by atoms with Crippen LogP contribution in [0.3, 0.4) is 0 Å². The number of likely N-dealkylation sites (tertiary alicyclic amines) is 1. The molecule has 1 aliphatic rings. The van der Waals surface area contributed by atoms with E-state index in [0.717, 1.165) is 11.4 Å². The normalized spacial score (nSPS) is 15.3. The second-order valence-corrected chi connectivity index (χ2v) is 5.92. The standard InChI is InChI=1S/C17H20N4O3/c1-12-15(11-18-21(12)14-5-3-2-4-6-14)19-17(24)20-9-7-13(8-10-20)16(22)23/h2-6,11,13H,7-10H2,1H3,(H,19,24)(H,22,23). The van der Waals surface area contributed by atoms with Gasteiger partial charge in [0.05, 0.1) is 29.2 Å². The third-order valence-corrected chi connectivity index (χ3v) is 4.38. The van der Waals surface area contributed by atoms with Crippen molar-refractivity contribution in [3.8, 4) is 5.69 Å². The lowest BCUT2D eigenvalue weighted by Crippen LogP contribution is -2.42. The van der Waals surface area contributed by atoms with Crippen molar-refractivity contribution in [3.63, 3.8) is 0 Å². The Balaban J connectivity index is 1.66. The van der Waals surface area contributed by atoms with Gasteiger partial charge in [0, 0.05) is 13.1 Å². The monoisotopic (exact) mass is 328 g/mol. The maximum Gasteiger partial charge on any atom is 0.321 e. The molecule has 2 heterocycles. The number of nitrogens with zero attached hydrogens (tertiary/aromatic N) is 3. The van der Waals surface area contributed by atoms with Crippen LogP contribution < -0.4 is 5.32 Å². The minimum atomic E-state index is -0.782. The largest absolute Gasteiger partial charge is 0.481 e. The summed E-state index contributed by atoms with van der Waals surface area (Å²) in [6.07, 6.45) is 2.61. The van der Waals surface area contributed by atoms with E-state index in [1.54, 1.807) is 15.8 Å². The Labute approximate surface area is 139 Å². The van der Waals surface area contributed by atoms with Crippen molar-refractivity contribution in [3.05, 3.63) is 42.2 Å². The average Bonchev–Trinajstić information content (AvgIpc) is 2.96. The van der Waals surface area contributed by atoms with Crippen molar-refractivity contribution in [2.45, 2.75) is 19.8 Å². The van der Waals surface area contributed by atoms with E-state index in [9.17, 15) is 9.59 Å². The molecule has 1 saturated heterocycles. The number of benzene rings is 1. The first-order valence-electron chi connectivity index (χ1n) is 7.95. The van der Waals surface area contributed by atoms with Gasteiger partial charge < -0.3 is 15.3 Å². The van der Waals surface area contributed by atoms with Gasteiger partial charge >= 0.3 is 12.0 Å². The highest BCUT2D eigenvalue weighted by atomic mass is 16.4. The van der Waals surface area contributed by atoms with Crippen LogP contribution in [-0.4, -0.2) is 44.9 Å². The highest BCUT2D eigenvalue weighted by molar-refractivity contribution is 5.90. The Hall–Kier alpha value is -2.83. The van der Waals surface area contributed by atoms with Gasteiger partial charge in [0.2, 0.25) is 0 Å². The number of urea groups is 1. The molecule has 1 aliphatic heterocycles. The molecule has 1 aromatic heterocycles. The van der Waals surface area contributed by atoms with E-state index in [-0.39, 0.29) is 11.9 Å². The molecule has 0 saturated carbocycles. The van der Waals surface area contributed by atoms with Crippen LogP contribution in [0.25, 0.3) is 5.69 Å². The summed E-state index contributed by atoms with van der Waals surface area (Å²) in [5, 5.41) is 16.2. The molecule has 126 valence electrons. The fraction of sp³-hybridized carbons (Fsp3) is 0.353. The number of aliphatic carboxylic acids is 1. The van der Waals surface area contributed by atoms with Crippen molar-refractivity contribution >= 4 is 17.7 Å². The van der Waals surface area contributed by atoms with E-state index >= 15 is 0 Å². The lowest BCUT2D eigenvalue weighted by atomic mass is 9.97. The lowest BCUT2D eigenvalue weighted by Gasteiger charge is -2.30. The molecule has 0 bridgehead atoms. The van der Waals surface area contributed by atoms with Gasteiger partial charge in [-0.15, -0.1) is 0 Å². The maximum absolute atomic E-state index is 12.4. The van der Waals surface area contributed by atoms with Crippen LogP contribution in [0, 0.1) is 12.8 Å². The van der Waals surface area contributed by atoms with Crippen LogP contribution in [0.2, 0.25) is 0 Å². The van der Waals surface area contributed by atoms with Crippen molar-refractivity contribution in [1.29, 1.82) is 0 Å². The first-order valence-corrected chi connectivity index (χ1v) is 7.95. The molecule has 2 N–H and O–H groups in total. The van der Waals surface area contributed by atoms with E-state index in [2.05, 4.69) is 10.4 Å². The molecule has 7 heteroatoms. The summed E-state index contributed by atoms with van der Waals surface area (Å²) < 4.78 is 1.77. The van der Waals surface area contributed by atoms with Crippen molar-refractivity contribution in [2.75, 3.05) is 18.4 Å². The summed E-state index contributed by atoms with van der Waals surface area (Å²) >= 11 is 0. The van der Waals surface area contributed by atoms with Gasteiger partial charge in [-0.3, -0.25) is 4.79 Å². The molecular weight excluding hydrogens is 308 g/mol. The van der Waals surface area contributed by atoms with Gasteiger partial charge in [-0.25, -0.2) is 9.48 Å². The highest BCUT2D eigenvalue weighted by Crippen LogP contribution is 2.21. The fourth-order valence-corrected chi connectivity index (χ4v) is 2.89. The van der Waals surface area contributed by atoms with Crippen LogP contribution in [0.4, 0.5) is 10.5 Å². The summed E-state index contributed by atoms with van der Waals surface area (Å²) in [7, 11) is 0. The summed E-state index contributed by atoms with van der Waals surface area (Å²) in [6, 6.07) is 9.48. The van der Waals surface area contributed by atoms with Crippen LogP contribution in [0.5, 0.6) is 0 Å². The molecule has 7 nitrogen and oxygen atoms in total. The molecule has 0 atom stereocenters. The zero-order valence-electron chi connectivity index (χ0n) is 13.5. The highest BCUT2D eigenvalue weighted by Gasteiger charge is 2.27. The zero-order chi connectivity index (χ0) is 17.1. The second-order valence-electron chi connectivity index (χ2n) is 5.92. The quantitative estimate of drug-likeness (QED) is 0.906. The number of carboxylic acid groups (broad SMARTS) is 1. The molecule has 0 radical (unpaired) electrons. The van der Waals surface area contributed by atoms with Gasteiger partial charge in [-0.2, -0.15) is 5.10 Å². The molecule has 0 unspecified atom stereocenters. The number of nitrogens with one attached hydrogen (secondary N) is 1. The Morgan fingerprint density at radius 3 is 2.50 bits per heavy atom. The zero-order valence-corrected chi connectivity index (χ0v) is 13.5. The number of carbonyl (C=O) groups is 2. The predicted octanol–water partition coefficient (Wildman–Crippen LogP) is 2.51. The summed E-state index contributed by atoms with van der Waals surface area (Å²) in [5.41, 5.74) is 2.43. The Morgan fingerprint density at radius 2 is 1.88 bits per heavy atom. The van der Waals surface area contributed by atoms with Gasteiger partial charge in [0.25, 0.3) is 0 Å². The third kappa shape index (κ3) is 3.24. The van der Waals surface area contributed by atoms with E-state index in [1.807, 2.05) is 37.3 Å². The second kappa shape index (κ2) is 6.74. The molecule has 1 fully saturated rings. The van der Waals surface area contributed by atoms with E-state index < -0.39 is 5.97 Å². The fourth-order valence-electron chi connectivity index (χ4n) is 2.89. The first-order chi connectivity index (χ1) is 11.6. The molecule has 2 amide bonds. The molecule has 0 aliphatic carbocycles. The molecule has 2 aromatic rings. The average molecular weight is 328 g/mol. The van der Waals surface area contributed by atoms with Gasteiger partial charge in [-0.05, 0) is 31.9 Å². The number of aromatic nitrogens is 2. The number of amides is 2. The Bertz CT molecular complexity index is 734. The molecule has 0 spiro atoms.